The van der Waals surface area contributed by atoms with Gasteiger partial charge in [0.15, 0.2) is 0 Å². The largest absolute Gasteiger partial charge is 0.323 e. The van der Waals surface area contributed by atoms with E-state index in [0.717, 1.165) is 11.3 Å². The Balaban J connectivity index is 2.97. The maximum Gasteiger partial charge on any atom is 0.0698 e. The van der Waals surface area contributed by atoms with Crippen LogP contribution < -0.4 is 5.84 Å². The Bertz CT molecular complexity index is 262. The lowest BCUT2D eigenvalue weighted by atomic mass is 10.0. The molecule has 0 bridgehead atoms. The van der Waals surface area contributed by atoms with Gasteiger partial charge in [-0.15, -0.1) is 0 Å². The molecule has 0 fully saturated rings. The standard InChI is InChI=1S/C10H14N2/c1-8(2)10(12-11)9-6-4-3-5-7-9/h3-8H,11H2,1-2H3/b12-10+. The molecule has 0 saturated carbocycles. The van der Waals surface area contributed by atoms with Crippen molar-refractivity contribution in [2.45, 2.75) is 13.8 Å². The highest BCUT2D eigenvalue weighted by Gasteiger charge is 2.06. The van der Waals surface area contributed by atoms with Gasteiger partial charge in [-0.3, -0.25) is 0 Å². The highest BCUT2D eigenvalue weighted by atomic mass is 15.1. The van der Waals surface area contributed by atoms with Crippen LogP contribution in [-0.2, 0) is 0 Å². The Morgan fingerprint density at radius 2 is 1.83 bits per heavy atom. The summed E-state index contributed by atoms with van der Waals surface area (Å²) in [6.07, 6.45) is 0. The predicted octanol–water partition coefficient (Wildman–Crippen LogP) is 2.01. The average Bonchev–Trinajstić information content (AvgIpc) is 2.07. The van der Waals surface area contributed by atoms with E-state index in [1.165, 1.54) is 0 Å². The van der Waals surface area contributed by atoms with Crippen molar-refractivity contribution in [3.05, 3.63) is 35.9 Å². The van der Waals surface area contributed by atoms with E-state index < -0.39 is 0 Å². The Kier molecular flexibility index (Phi) is 2.86. The first-order chi connectivity index (χ1) is 5.75. The lowest BCUT2D eigenvalue weighted by Crippen LogP contribution is -2.11. The second-order valence-corrected chi connectivity index (χ2v) is 3.04. The first kappa shape index (κ1) is 8.78. The Hall–Kier alpha value is -1.31. The van der Waals surface area contributed by atoms with E-state index >= 15 is 0 Å². The summed E-state index contributed by atoms with van der Waals surface area (Å²) in [6.45, 7) is 4.16. The quantitative estimate of drug-likeness (QED) is 0.403. The fourth-order valence-electron chi connectivity index (χ4n) is 1.17. The normalized spacial score (nSPS) is 12.1. The molecule has 0 atom stereocenters. The summed E-state index contributed by atoms with van der Waals surface area (Å²) in [4.78, 5) is 0. The molecule has 1 aromatic rings. The Morgan fingerprint density at radius 1 is 1.25 bits per heavy atom. The maximum absolute atomic E-state index is 5.29. The summed E-state index contributed by atoms with van der Waals surface area (Å²) in [6, 6.07) is 10.0. The van der Waals surface area contributed by atoms with Crippen molar-refractivity contribution in [3.63, 3.8) is 0 Å². The molecule has 0 heterocycles. The molecule has 0 aliphatic carbocycles. The molecular formula is C10H14N2. The van der Waals surface area contributed by atoms with Crippen molar-refractivity contribution in [2.75, 3.05) is 0 Å². The minimum atomic E-state index is 0.373. The fourth-order valence-corrected chi connectivity index (χ4v) is 1.17. The molecule has 0 unspecified atom stereocenters. The molecule has 1 rings (SSSR count). The van der Waals surface area contributed by atoms with Crippen LogP contribution in [0, 0.1) is 5.92 Å². The zero-order valence-electron chi connectivity index (χ0n) is 7.49. The number of hydrazone groups is 1. The monoisotopic (exact) mass is 162 g/mol. The van der Waals surface area contributed by atoms with E-state index in [1.807, 2.05) is 30.3 Å². The third kappa shape index (κ3) is 1.84. The molecule has 0 aromatic heterocycles. The van der Waals surface area contributed by atoms with Crippen molar-refractivity contribution in [1.82, 2.24) is 0 Å². The molecule has 0 spiro atoms. The van der Waals surface area contributed by atoms with E-state index in [-0.39, 0.29) is 0 Å². The van der Waals surface area contributed by atoms with Gasteiger partial charge in [-0.25, -0.2) is 0 Å². The number of rotatable bonds is 2. The number of nitrogens with zero attached hydrogens (tertiary/aromatic N) is 1. The Labute approximate surface area is 73.1 Å². The van der Waals surface area contributed by atoms with Gasteiger partial charge in [0, 0.05) is 0 Å². The van der Waals surface area contributed by atoms with Gasteiger partial charge < -0.3 is 5.84 Å². The van der Waals surface area contributed by atoms with Gasteiger partial charge in [0.2, 0.25) is 0 Å². The van der Waals surface area contributed by atoms with Gasteiger partial charge >= 0.3 is 0 Å². The highest BCUT2D eigenvalue weighted by molar-refractivity contribution is 6.01. The van der Waals surface area contributed by atoms with Crippen molar-refractivity contribution in [2.24, 2.45) is 16.9 Å². The van der Waals surface area contributed by atoms with Gasteiger partial charge in [0.1, 0.15) is 0 Å². The van der Waals surface area contributed by atoms with Crippen LogP contribution in [-0.4, -0.2) is 5.71 Å². The maximum atomic E-state index is 5.29. The second kappa shape index (κ2) is 3.90. The summed E-state index contributed by atoms with van der Waals surface area (Å²) in [5, 5.41) is 3.77. The molecule has 2 nitrogen and oxygen atoms in total. The average molecular weight is 162 g/mol. The third-order valence-electron chi connectivity index (χ3n) is 1.76. The minimum absolute atomic E-state index is 0.373. The molecule has 1 aromatic carbocycles. The summed E-state index contributed by atoms with van der Waals surface area (Å²) >= 11 is 0. The smallest absolute Gasteiger partial charge is 0.0698 e. The molecule has 2 heteroatoms. The third-order valence-corrected chi connectivity index (χ3v) is 1.76. The molecule has 2 N–H and O–H groups in total. The van der Waals surface area contributed by atoms with Crippen molar-refractivity contribution in [1.29, 1.82) is 0 Å². The molecule has 0 saturated heterocycles. The fraction of sp³-hybridized carbons (Fsp3) is 0.300. The minimum Gasteiger partial charge on any atom is -0.323 e. The number of hydrogen-bond donors (Lipinski definition) is 1. The van der Waals surface area contributed by atoms with Crippen LogP contribution in [0.2, 0.25) is 0 Å². The van der Waals surface area contributed by atoms with Crippen molar-refractivity contribution in [3.8, 4) is 0 Å². The first-order valence-corrected chi connectivity index (χ1v) is 4.09. The summed E-state index contributed by atoms with van der Waals surface area (Å²) in [5.74, 6) is 5.67. The lowest BCUT2D eigenvalue weighted by Gasteiger charge is -2.07. The van der Waals surface area contributed by atoms with E-state index in [2.05, 4.69) is 18.9 Å². The molecule has 0 amide bonds. The van der Waals surface area contributed by atoms with E-state index in [9.17, 15) is 0 Å². The zero-order chi connectivity index (χ0) is 8.97. The van der Waals surface area contributed by atoms with Crippen LogP contribution in [0.15, 0.2) is 35.4 Å². The number of nitrogens with two attached hydrogens (primary N) is 1. The van der Waals surface area contributed by atoms with Crippen LogP contribution in [0.1, 0.15) is 19.4 Å². The van der Waals surface area contributed by atoms with Gasteiger partial charge in [-0.05, 0) is 11.5 Å². The molecule has 0 radical (unpaired) electrons. The summed E-state index contributed by atoms with van der Waals surface area (Å²) in [7, 11) is 0. The highest BCUT2D eigenvalue weighted by Crippen LogP contribution is 2.07. The zero-order valence-corrected chi connectivity index (χ0v) is 7.49. The van der Waals surface area contributed by atoms with Crippen LogP contribution in [0.5, 0.6) is 0 Å². The van der Waals surface area contributed by atoms with Crippen LogP contribution in [0.25, 0.3) is 0 Å². The first-order valence-electron chi connectivity index (χ1n) is 4.09. The van der Waals surface area contributed by atoms with Crippen LogP contribution in [0.3, 0.4) is 0 Å². The predicted molar refractivity (Wildman–Crippen MR) is 52.0 cm³/mol. The molecular weight excluding hydrogens is 148 g/mol. The molecule has 12 heavy (non-hydrogen) atoms. The molecule has 0 aliphatic rings. The second-order valence-electron chi connectivity index (χ2n) is 3.04. The number of benzene rings is 1. The van der Waals surface area contributed by atoms with Gasteiger partial charge in [0.05, 0.1) is 5.71 Å². The number of hydrogen-bond acceptors (Lipinski definition) is 2. The van der Waals surface area contributed by atoms with Gasteiger partial charge in [-0.1, -0.05) is 44.2 Å². The van der Waals surface area contributed by atoms with E-state index in [0.29, 0.717) is 5.92 Å². The van der Waals surface area contributed by atoms with E-state index in [4.69, 9.17) is 5.84 Å². The summed E-state index contributed by atoms with van der Waals surface area (Å²) < 4.78 is 0. The molecule has 64 valence electrons. The Morgan fingerprint density at radius 3 is 2.25 bits per heavy atom. The van der Waals surface area contributed by atoms with Crippen LogP contribution in [0.4, 0.5) is 0 Å². The SMILES string of the molecule is CC(C)/C(=N\N)c1ccccc1. The topological polar surface area (TPSA) is 38.4 Å². The summed E-state index contributed by atoms with van der Waals surface area (Å²) in [5.41, 5.74) is 2.06. The van der Waals surface area contributed by atoms with Crippen molar-refractivity contribution < 1.29 is 0 Å². The van der Waals surface area contributed by atoms with Gasteiger partial charge in [-0.2, -0.15) is 5.10 Å². The lowest BCUT2D eigenvalue weighted by molar-refractivity contribution is 0.876. The van der Waals surface area contributed by atoms with Crippen molar-refractivity contribution >= 4 is 5.71 Å². The van der Waals surface area contributed by atoms with Crippen LogP contribution >= 0.6 is 0 Å². The van der Waals surface area contributed by atoms with Gasteiger partial charge in [0.25, 0.3) is 0 Å². The van der Waals surface area contributed by atoms with E-state index in [1.54, 1.807) is 0 Å². The molecule has 0 aliphatic heterocycles.